The van der Waals surface area contributed by atoms with E-state index in [4.69, 9.17) is 0 Å². The lowest BCUT2D eigenvalue weighted by atomic mass is 9.99. The van der Waals surface area contributed by atoms with Crippen LogP contribution < -0.4 is 10.6 Å². The monoisotopic (exact) mass is 396 g/mol. The van der Waals surface area contributed by atoms with E-state index in [-0.39, 0.29) is 6.42 Å². The standard InChI is InChI=1S/C22H24N2O5/c1-3-10-17(22(28)29-2)23-21(27)19(25)18(15-11-6-4-7-12-15)24-20(26)16-13-8-5-9-14-16/h3-9,11-14,17-19,25H,1,10H2,2H3,(H,23,27)(H,24,26)/t17-,18+,19-/m1/s1. The average molecular weight is 396 g/mol. The van der Waals surface area contributed by atoms with Crippen LogP contribution >= 0.6 is 0 Å². The second kappa shape index (κ2) is 10.8. The number of carbonyl (C=O) groups excluding carboxylic acids is 3. The molecule has 152 valence electrons. The Bertz CT molecular complexity index is 839. The lowest BCUT2D eigenvalue weighted by molar-refractivity contribution is -0.146. The van der Waals surface area contributed by atoms with Gasteiger partial charge < -0.3 is 20.5 Å². The maximum atomic E-state index is 12.6. The molecule has 3 atom stereocenters. The Kier molecular flexibility index (Phi) is 8.12. The van der Waals surface area contributed by atoms with Gasteiger partial charge in [-0.3, -0.25) is 9.59 Å². The molecule has 0 fully saturated rings. The average Bonchev–Trinajstić information content (AvgIpc) is 2.77. The van der Waals surface area contributed by atoms with E-state index in [1.165, 1.54) is 13.2 Å². The second-order valence-corrected chi connectivity index (χ2v) is 6.28. The Morgan fingerprint density at radius 1 is 1.03 bits per heavy atom. The van der Waals surface area contributed by atoms with Crippen molar-refractivity contribution in [3.63, 3.8) is 0 Å². The summed E-state index contributed by atoms with van der Waals surface area (Å²) in [5.74, 6) is -1.92. The Morgan fingerprint density at radius 3 is 2.17 bits per heavy atom. The number of ether oxygens (including phenoxy) is 1. The maximum Gasteiger partial charge on any atom is 0.328 e. The molecule has 0 aromatic heterocycles. The van der Waals surface area contributed by atoms with E-state index in [1.54, 1.807) is 60.7 Å². The first-order valence-corrected chi connectivity index (χ1v) is 9.06. The maximum absolute atomic E-state index is 12.6. The van der Waals surface area contributed by atoms with E-state index in [9.17, 15) is 19.5 Å². The van der Waals surface area contributed by atoms with Crippen LogP contribution in [0.1, 0.15) is 28.4 Å². The van der Waals surface area contributed by atoms with Crippen LogP contribution in [0.5, 0.6) is 0 Å². The molecule has 2 amide bonds. The molecule has 2 aromatic rings. The summed E-state index contributed by atoms with van der Waals surface area (Å²) >= 11 is 0. The summed E-state index contributed by atoms with van der Waals surface area (Å²) in [4.78, 5) is 37.0. The van der Waals surface area contributed by atoms with Gasteiger partial charge in [0, 0.05) is 5.56 Å². The molecule has 2 rings (SSSR count). The molecule has 0 aliphatic carbocycles. The first-order chi connectivity index (χ1) is 14.0. The minimum Gasteiger partial charge on any atom is -0.467 e. The van der Waals surface area contributed by atoms with Gasteiger partial charge in [0.2, 0.25) is 0 Å². The number of aliphatic hydroxyl groups is 1. The number of rotatable bonds is 9. The summed E-state index contributed by atoms with van der Waals surface area (Å²) in [5.41, 5.74) is 0.929. The number of amides is 2. The Balaban J connectivity index is 2.23. The van der Waals surface area contributed by atoms with Gasteiger partial charge in [-0.25, -0.2) is 4.79 Å². The highest BCUT2D eigenvalue weighted by Gasteiger charge is 2.32. The Morgan fingerprint density at radius 2 is 1.62 bits per heavy atom. The molecule has 7 heteroatoms. The van der Waals surface area contributed by atoms with E-state index in [2.05, 4.69) is 21.9 Å². The van der Waals surface area contributed by atoms with Crippen LogP contribution in [0.3, 0.4) is 0 Å². The van der Waals surface area contributed by atoms with Crippen molar-refractivity contribution in [2.24, 2.45) is 0 Å². The van der Waals surface area contributed by atoms with Gasteiger partial charge in [-0.05, 0) is 24.1 Å². The minimum absolute atomic E-state index is 0.136. The molecule has 29 heavy (non-hydrogen) atoms. The summed E-state index contributed by atoms with van der Waals surface area (Å²) in [6, 6.07) is 15.1. The molecule has 0 spiro atoms. The smallest absolute Gasteiger partial charge is 0.328 e. The first-order valence-electron chi connectivity index (χ1n) is 9.06. The molecular formula is C22H24N2O5. The fourth-order valence-electron chi connectivity index (χ4n) is 2.75. The van der Waals surface area contributed by atoms with Gasteiger partial charge in [0.05, 0.1) is 13.2 Å². The van der Waals surface area contributed by atoms with Gasteiger partial charge in [0.1, 0.15) is 6.04 Å². The summed E-state index contributed by atoms with van der Waals surface area (Å²) in [5, 5.41) is 15.8. The highest BCUT2D eigenvalue weighted by molar-refractivity contribution is 5.95. The Labute approximate surface area is 169 Å². The van der Waals surface area contributed by atoms with E-state index < -0.39 is 36.0 Å². The molecule has 7 nitrogen and oxygen atoms in total. The molecule has 0 radical (unpaired) electrons. The zero-order chi connectivity index (χ0) is 21.2. The van der Waals surface area contributed by atoms with Crippen LogP contribution in [-0.4, -0.2) is 42.1 Å². The van der Waals surface area contributed by atoms with Crippen molar-refractivity contribution in [1.82, 2.24) is 10.6 Å². The van der Waals surface area contributed by atoms with Gasteiger partial charge >= 0.3 is 5.97 Å². The summed E-state index contributed by atoms with van der Waals surface area (Å²) < 4.78 is 4.66. The zero-order valence-corrected chi connectivity index (χ0v) is 16.1. The van der Waals surface area contributed by atoms with Gasteiger partial charge in [-0.1, -0.05) is 54.6 Å². The SMILES string of the molecule is C=CC[C@@H](NC(=O)[C@H](O)[C@@H](NC(=O)c1ccccc1)c1ccccc1)C(=O)OC. The van der Waals surface area contributed by atoms with Crippen LogP contribution in [0, 0.1) is 0 Å². The lowest BCUT2D eigenvalue weighted by Crippen LogP contribution is -2.50. The molecule has 0 saturated heterocycles. The number of hydrogen-bond acceptors (Lipinski definition) is 5. The summed E-state index contributed by atoms with van der Waals surface area (Å²) in [6.07, 6.45) is -0.0421. The van der Waals surface area contributed by atoms with Crippen molar-refractivity contribution in [2.45, 2.75) is 24.6 Å². The van der Waals surface area contributed by atoms with Crippen molar-refractivity contribution in [2.75, 3.05) is 7.11 Å². The van der Waals surface area contributed by atoms with Crippen molar-refractivity contribution < 1.29 is 24.2 Å². The topological polar surface area (TPSA) is 105 Å². The van der Waals surface area contributed by atoms with Crippen LogP contribution in [0.4, 0.5) is 0 Å². The Hall–Kier alpha value is -3.45. The van der Waals surface area contributed by atoms with Gasteiger partial charge in [0.15, 0.2) is 6.10 Å². The normalized spacial score (nSPS) is 13.4. The highest BCUT2D eigenvalue weighted by Crippen LogP contribution is 2.18. The van der Waals surface area contributed by atoms with E-state index in [0.717, 1.165) is 0 Å². The molecule has 2 aromatic carbocycles. The summed E-state index contributed by atoms with van der Waals surface area (Å²) in [6.45, 7) is 3.55. The van der Waals surface area contributed by atoms with Gasteiger partial charge in [-0.2, -0.15) is 0 Å². The quantitative estimate of drug-likeness (QED) is 0.442. The van der Waals surface area contributed by atoms with Gasteiger partial charge in [0.25, 0.3) is 11.8 Å². The number of hydrogen-bond donors (Lipinski definition) is 3. The van der Waals surface area contributed by atoms with Crippen LogP contribution in [0.2, 0.25) is 0 Å². The third kappa shape index (κ3) is 6.02. The second-order valence-electron chi connectivity index (χ2n) is 6.28. The van der Waals surface area contributed by atoms with E-state index >= 15 is 0 Å². The van der Waals surface area contributed by atoms with Crippen LogP contribution in [-0.2, 0) is 14.3 Å². The van der Waals surface area contributed by atoms with Gasteiger partial charge in [-0.15, -0.1) is 6.58 Å². The summed E-state index contributed by atoms with van der Waals surface area (Å²) in [7, 11) is 1.20. The van der Waals surface area contributed by atoms with Crippen molar-refractivity contribution in [3.05, 3.63) is 84.4 Å². The first kappa shape index (κ1) is 21.8. The molecule has 3 N–H and O–H groups in total. The molecule has 0 unspecified atom stereocenters. The predicted molar refractivity (Wildman–Crippen MR) is 108 cm³/mol. The third-order valence-corrected chi connectivity index (χ3v) is 4.27. The van der Waals surface area contributed by atoms with E-state index in [0.29, 0.717) is 11.1 Å². The molecular weight excluding hydrogens is 372 g/mol. The fraction of sp³-hybridized carbons (Fsp3) is 0.227. The highest BCUT2D eigenvalue weighted by atomic mass is 16.5. The van der Waals surface area contributed by atoms with Crippen molar-refractivity contribution in [3.8, 4) is 0 Å². The number of aliphatic hydroxyl groups excluding tert-OH is 1. The largest absolute Gasteiger partial charge is 0.467 e. The van der Waals surface area contributed by atoms with Crippen LogP contribution in [0.15, 0.2) is 73.3 Å². The molecule has 0 saturated carbocycles. The molecule has 0 heterocycles. The number of methoxy groups -OCH3 is 1. The minimum atomic E-state index is -1.64. The third-order valence-electron chi connectivity index (χ3n) is 4.27. The number of carbonyl (C=O) groups is 3. The van der Waals surface area contributed by atoms with Crippen LogP contribution in [0.25, 0.3) is 0 Å². The fourth-order valence-corrected chi connectivity index (χ4v) is 2.75. The van der Waals surface area contributed by atoms with E-state index in [1.807, 2.05) is 0 Å². The lowest BCUT2D eigenvalue weighted by Gasteiger charge is -2.25. The predicted octanol–water partition coefficient (Wildman–Crippen LogP) is 1.75. The molecule has 0 bridgehead atoms. The number of nitrogens with one attached hydrogen (secondary N) is 2. The molecule has 0 aliphatic heterocycles. The van der Waals surface area contributed by atoms with Crippen molar-refractivity contribution >= 4 is 17.8 Å². The zero-order valence-electron chi connectivity index (χ0n) is 16.1. The number of benzene rings is 2. The van der Waals surface area contributed by atoms with Crippen molar-refractivity contribution in [1.29, 1.82) is 0 Å². The molecule has 0 aliphatic rings. The number of esters is 1.